The maximum atomic E-state index is 12.0. The van der Waals surface area contributed by atoms with Crippen LogP contribution < -0.4 is 15.4 Å². The summed E-state index contributed by atoms with van der Waals surface area (Å²) in [6, 6.07) is 5.91. The second-order valence-electron chi connectivity index (χ2n) is 4.87. The van der Waals surface area contributed by atoms with Gasteiger partial charge in [-0.3, -0.25) is 4.79 Å². The lowest BCUT2D eigenvalue weighted by molar-refractivity contribution is -0.117. The van der Waals surface area contributed by atoms with Gasteiger partial charge in [0.2, 0.25) is 5.91 Å². The van der Waals surface area contributed by atoms with Gasteiger partial charge in [-0.25, -0.2) is 0 Å². The molecule has 0 saturated carbocycles. The largest absolute Gasteiger partial charge is 0.435 e. The van der Waals surface area contributed by atoms with Gasteiger partial charge in [0.15, 0.2) is 0 Å². The molecule has 110 valence electrons. The predicted octanol–water partition coefficient (Wildman–Crippen LogP) is 2.62. The van der Waals surface area contributed by atoms with E-state index in [1.54, 1.807) is 12.1 Å². The molecule has 1 unspecified atom stereocenters. The Labute approximate surface area is 116 Å². The van der Waals surface area contributed by atoms with Crippen molar-refractivity contribution >= 4 is 11.6 Å². The van der Waals surface area contributed by atoms with Gasteiger partial charge < -0.3 is 15.4 Å². The van der Waals surface area contributed by atoms with Crippen LogP contribution in [0.25, 0.3) is 0 Å². The van der Waals surface area contributed by atoms with Crippen LogP contribution in [0.5, 0.6) is 5.75 Å². The quantitative estimate of drug-likeness (QED) is 0.874. The van der Waals surface area contributed by atoms with Crippen LogP contribution in [0.3, 0.4) is 0 Å². The summed E-state index contributed by atoms with van der Waals surface area (Å²) in [4.78, 5) is 11.9. The van der Waals surface area contributed by atoms with Crippen molar-refractivity contribution in [2.75, 3.05) is 18.4 Å². The molecule has 2 rings (SSSR count). The van der Waals surface area contributed by atoms with E-state index in [-0.39, 0.29) is 11.7 Å². The number of carbonyl (C=O) groups is 1. The molecule has 1 fully saturated rings. The highest BCUT2D eigenvalue weighted by atomic mass is 19.3. The van der Waals surface area contributed by atoms with Crippen molar-refractivity contribution in [1.29, 1.82) is 0 Å². The highest BCUT2D eigenvalue weighted by molar-refractivity contribution is 5.90. The van der Waals surface area contributed by atoms with Gasteiger partial charge in [-0.05, 0) is 56.1 Å². The Morgan fingerprint density at radius 1 is 1.40 bits per heavy atom. The number of hydrogen-bond acceptors (Lipinski definition) is 3. The molecule has 20 heavy (non-hydrogen) atoms. The molecular weight excluding hydrogens is 266 g/mol. The minimum absolute atomic E-state index is 0.0544. The third-order valence-electron chi connectivity index (χ3n) is 3.24. The molecule has 0 spiro atoms. The minimum atomic E-state index is -2.84. The molecule has 1 heterocycles. The molecule has 0 bridgehead atoms. The van der Waals surface area contributed by atoms with E-state index < -0.39 is 6.61 Å². The maximum absolute atomic E-state index is 12.0. The van der Waals surface area contributed by atoms with Crippen molar-refractivity contribution in [3.05, 3.63) is 24.3 Å². The molecule has 1 aliphatic rings. The van der Waals surface area contributed by atoms with E-state index in [2.05, 4.69) is 15.4 Å². The summed E-state index contributed by atoms with van der Waals surface area (Å²) in [5, 5.41) is 6.02. The predicted molar refractivity (Wildman–Crippen MR) is 71.9 cm³/mol. The zero-order valence-electron chi connectivity index (χ0n) is 11.1. The van der Waals surface area contributed by atoms with Gasteiger partial charge in [-0.1, -0.05) is 0 Å². The fraction of sp³-hybridized carbons (Fsp3) is 0.500. The van der Waals surface area contributed by atoms with Crippen molar-refractivity contribution in [3.63, 3.8) is 0 Å². The molecule has 4 nitrogen and oxygen atoms in total. The standard InChI is InChI=1S/C14H18F2N2O2/c15-14(16)20-12-5-3-11(4-6-12)18-13(19)8-10-2-1-7-17-9-10/h3-6,10,14,17H,1-2,7-9H2,(H,18,19). The van der Waals surface area contributed by atoms with Crippen LogP contribution >= 0.6 is 0 Å². The smallest absolute Gasteiger partial charge is 0.387 e. The van der Waals surface area contributed by atoms with Crippen LogP contribution in [0.1, 0.15) is 19.3 Å². The lowest BCUT2D eigenvalue weighted by Crippen LogP contribution is -2.32. The Morgan fingerprint density at radius 2 is 2.15 bits per heavy atom. The number of halogens is 2. The summed E-state index contributed by atoms with van der Waals surface area (Å²) in [5.74, 6) is 0.390. The van der Waals surface area contributed by atoms with Gasteiger partial charge in [0.25, 0.3) is 0 Å². The topological polar surface area (TPSA) is 50.4 Å². The van der Waals surface area contributed by atoms with Gasteiger partial charge in [0, 0.05) is 12.1 Å². The summed E-state index contributed by atoms with van der Waals surface area (Å²) in [5.41, 5.74) is 0.584. The highest BCUT2D eigenvalue weighted by Crippen LogP contribution is 2.19. The fourth-order valence-corrected chi connectivity index (χ4v) is 2.29. The van der Waals surface area contributed by atoms with Gasteiger partial charge in [0.1, 0.15) is 5.75 Å². The molecule has 1 atom stereocenters. The second-order valence-corrected chi connectivity index (χ2v) is 4.87. The molecule has 0 aliphatic carbocycles. The first-order valence-corrected chi connectivity index (χ1v) is 6.69. The molecule has 6 heteroatoms. The summed E-state index contributed by atoms with van der Waals surface area (Å²) in [6.07, 6.45) is 2.63. The molecule has 1 amide bonds. The number of ether oxygens (including phenoxy) is 1. The number of piperidine rings is 1. The van der Waals surface area contributed by atoms with Crippen LogP contribution in [-0.4, -0.2) is 25.6 Å². The Bertz CT molecular complexity index is 431. The van der Waals surface area contributed by atoms with Crippen LogP contribution in [0.15, 0.2) is 24.3 Å². The first kappa shape index (κ1) is 14.7. The Balaban J connectivity index is 1.81. The average Bonchev–Trinajstić information content (AvgIpc) is 2.41. The number of hydrogen-bond donors (Lipinski definition) is 2. The lowest BCUT2D eigenvalue weighted by Gasteiger charge is -2.22. The molecule has 1 aliphatic heterocycles. The molecule has 1 aromatic carbocycles. The van der Waals surface area contributed by atoms with E-state index in [1.165, 1.54) is 12.1 Å². The van der Waals surface area contributed by atoms with E-state index in [0.717, 1.165) is 25.9 Å². The second kappa shape index (κ2) is 7.19. The van der Waals surface area contributed by atoms with E-state index in [9.17, 15) is 13.6 Å². The van der Waals surface area contributed by atoms with Crippen molar-refractivity contribution in [2.45, 2.75) is 25.9 Å². The number of benzene rings is 1. The van der Waals surface area contributed by atoms with Crippen LogP contribution in [0, 0.1) is 5.92 Å². The Hall–Kier alpha value is -1.69. The first-order valence-electron chi connectivity index (χ1n) is 6.69. The normalized spacial score (nSPS) is 18.9. The minimum Gasteiger partial charge on any atom is -0.435 e. The third kappa shape index (κ3) is 4.77. The van der Waals surface area contributed by atoms with Gasteiger partial charge >= 0.3 is 6.61 Å². The fourth-order valence-electron chi connectivity index (χ4n) is 2.29. The monoisotopic (exact) mass is 284 g/mol. The van der Waals surface area contributed by atoms with Gasteiger partial charge in [-0.2, -0.15) is 8.78 Å². The number of anilines is 1. The molecule has 2 N–H and O–H groups in total. The number of nitrogens with one attached hydrogen (secondary N) is 2. The number of carbonyl (C=O) groups excluding carboxylic acids is 1. The number of alkyl halides is 2. The average molecular weight is 284 g/mol. The molecule has 1 aromatic rings. The Kier molecular flexibility index (Phi) is 5.29. The van der Waals surface area contributed by atoms with Gasteiger partial charge in [0.05, 0.1) is 0 Å². The SMILES string of the molecule is O=C(CC1CCCNC1)Nc1ccc(OC(F)F)cc1. The summed E-state index contributed by atoms with van der Waals surface area (Å²) >= 11 is 0. The van der Waals surface area contributed by atoms with Crippen molar-refractivity contribution in [2.24, 2.45) is 5.92 Å². The number of amides is 1. The highest BCUT2D eigenvalue weighted by Gasteiger charge is 2.16. The molecule has 0 radical (unpaired) electrons. The van der Waals surface area contributed by atoms with Gasteiger partial charge in [-0.15, -0.1) is 0 Å². The van der Waals surface area contributed by atoms with Crippen molar-refractivity contribution in [3.8, 4) is 5.75 Å². The van der Waals surface area contributed by atoms with E-state index in [0.29, 0.717) is 18.0 Å². The van der Waals surface area contributed by atoms with E-state index >= 15 is 0 Å². The van der Waals surface area contributed by atoms with Crippen molar-refractivity contribution < 1.29 is 18.3 Å². The summed E-state index contributed by atoms with van der Waals surface area (Å²) < 4.78 is 28.2. The molecule has 1 saturated heterocycles. The van der Waals surface area contributed by atoms with Crippen molar-refractivity contribution in [1.82, 2.24) is 5.32 Å². The van der Waals surface area contributed by atoms with E-state index in [4.69, 9.17) is 0 Å². The Morgan fingerprint density at radius 3 is 2.75 bits per heavy atom. The maximum Gasteiger partial charge on any atom is 0.387 e. The summed E-state index contributed by atoms with van der Waals surface area (Å²) in [7, 11) is 0. The lowest BCUT2D eigenvalue weighted by atomic mass is 9.96. The third-order valence-corrected chi connectivity index (χ3v) is 3.24. The van der Waals surface area contributed by atoms with Crippen LogP contribution in [0.4, 0.5) is 14.5 Å². The zero-order chi connectivity index (χ0) is 14.4. The summed E-state index contributed by atoms with van der Waals surface area (Å²) in [6.45, 7) is -0.951. The van der Waals surface area contributed by atoms with Crippen LogP contribution in [0.2, 0.25) is 0 Å². The first-order chi connectivity index (χ1) is 9.63. The van der Waals surface area contributed by atoms with E-state index in [1.807, 2.05) is 0 Å². The molecular formula is C14H18F2N2O2. The zero-order valence-corrected chi connectivity index (χ0v) is 11.1. The molecule has 0 aromatic heterocycles. The van der Waals surface area contributed by atoms with Crippen LogP contribution in [-0.2, 0) is 4.79 Å². The number of rotatable bonds is 5.